The second-order valence-electron chi connectivity index (χ2n) is 7.25. The molecule has 3 rings (SSSR count). The number of rotatable bonds is 9. The zero-order chi connectivity index (χ0) is 22.8. The van der Waals surface area contributed by atoms with E-state index in [0.717, 1.165) is 11.1 Å². The molecular weight excluding hydrogens is 400 g/mol. The minimum absolute atomic E-state index is 0.0247. The molecule has 0 saturated carbocycles. The lowest BCUT2D eigenvalue weighted by Crippen LogP contribution is -2.23. The third-order valence-electron chi connectivity index (χ3n) is 4.75. The molecule has 0 heterocycles. The fourth-order valence-electron chi connectivity index (χ4n) is 3.04. The van der Waals surface area contributed by atoms with Crippen molar-refractivity contribution in [2.75, 3.05) is 6.61 Å². The number of ether oxygens (including phenoxy) is 2. The molecule has 32 heavy (non-hydrogen) atoms. The average Bonchev–Trinajstić information content (AvgIpc) is 2.82. The van der Waals surface area contributed by atoms with Crippen LogP contribution in [-0.2, 0) is 17.9 Å². The Balaban J connectivity index is 1.72. The molecule has 0 aliphatic heterocycles. The molecule has 3 aromatic carbocycles. The summed E-state index contributed by atoms with van der Waals surface area (Å²) in [5, 5.41) is 12.3. The molecular formula is C27H26N2O3. The van der Waals surface area contributed by atoms with Gasteiger partial charge in [0.05, 0.1) is 6.61 Å². The van der Waals surface area contributed by atoms with Crippen molar-refractivity contribution in [3.63, 3.8) is 0 Å². The first-order valence-electron chi connectivity index (χ1n) is 10.5. The molecule has 162 valence electrons. The molecule has 1 N–H and O–H groups in total. The van der Waals surface area contributed by atoms with Gasteiger partial charge >= 0.3 is 0 Å². The molecule has 0 bridgehead atoms. The summed E-state index contributed by atoms with van der Waals surface area (Å²) in [6.07, 6.45) is 1.55. The number of hydrogen-bond acceptors (Lipinski definition) is 4. The zero-order valence-corrected chi connectivity index (χ0v) is 18.3. The van der Waals surface area contributed by atoms with Crippen LogP contribution in [0.4, 0.5) is 0 Å². The van der Waals surface area contributed by atoms with E-state index in [9.17, 15) is 10.1 Å². The van der Waals surface area contributed by atoms with E-state index in [1.54, 1.807) is 24.3 Å². The second-order valence-corrected chi connectivity index (χ2v) is 7.25. The van der Waals surface area contributed by atoms with Gasteiger partial charge in [0.25, 0.3) is 5.91 Å². The van der Waals surface area contributed by atoms with E-state index in [0.29, 0.717) is 36.8 Å². The van der Waals surface area contributed by atoms with Crippen molar-refractivity contribution in [3.8, 4) is 17.6 Å². The minimum atomic E-state index is -0.422. The molecule has 0 atom stereocenters. The summed E-state index contributed by atoms with van der Waals surface area (Å²) in [5.74, 6) is 0.751. The van der Waals surface area contributed by atoms with Gasteiger partial charge in [-0.2, -0.15) is 5.26 Å². The zero-order valence-electron chi connectivity index (χ0n) is 18.3. The maximum atomic E-state index is 12.5. The molecule has 0 unspecified atom stereocenters. The van der Waals surface area contributed by atoms with Crippen LogP contribution in [0.3, 0.4) is 0 Å². The van der Waals surface area contributed by atoms with Crippen molar-refractivity contribution in [2.45, 2.75) is 27.0 Å². The summed E-state index contributed by atoms with van der Waals surface area (Å²) < 4.78 is 11.7. The Morgan fingerprint density at radius 2 is 1.72 bits per heavy atom. The maximum absolute atomic E-state index is 12.5. The Morgan fingerprint density at radius 3 is 2.41 bits per heavy atom. The first-order valence-corrected chi connectivity index (χ1v) is 10.5. The lowest BCUT2D eigenvalue weighted by atomic mass is 10.1. The van der Waals surface area contributed by atoms with Gasteiger partial charge in [0.2, 0.25) is 0 Å². The number of hydrogen-bond donors (Lipinski definition) is 1. The number of amides is 1. The van der Waals surface area contributed by atoms with Gasteiger partial charge in [-0.15, -0.1) is 0 Å². The molecule has 3 aromatic rings. The minimum Gasteiger partial charge on any atom is -0.490 e. The molecule has 0 saturated heterocycles. The Morgan fingerprint density at radius 1 is 0.969 bits per heavy atom. The summed E-state index contributed by atoms with van der Waals surface area (Å²) in [6, 6.07) is 25.0. The highest BCUT2D eigenvalue weighted by atomic mass is 16.5. The Kier molecular flexibility index (Phi) is 8.05. The summed E-state index contributed by atoms with van der Waals surface area (Å²) in [4.78, 5) is 12.5. The van der Waals surface area contributed by atoms with Gasteiger partial charge in [0, 0.05) is 6.54 Å². The first-order chi connectivity index (χ1) is 15.6. The summed E-state index contributed by atoms with van der Waals surface area (Å²) in [7, 11) is 0. The van der Waals surface area contributed by atoms with Crippen LogP contribution in [0.2, 0.25) is 0 Å². The first kappa shape index (κ1) is 22.6. The standard InChI is InChI=1S/C27H26N2O3/c1-3-31-26-16-23(13-14-25(26)32-19-22-11-9-20(2)10-12-22)15-24(17-28)27(30)29-18-21-7-5-4-6-8-21/h4-16H,3,18-19H2,1-2H3,(H,29,30)/b24-15+. The van der Waals surface area contributed by atoms with Crippen molar-refractivity contribution >= 4 is 12.0 Å². The fourth-order valence-corrected chi connectivity index (χ4v) is 3.04. The highest BCUT2D eigenvalue weighted by Gasteiger charge is 2.11. The van der Waals surface area contributed by atoms with Crippen LogP contribution in [0, 0.1) is 18.3 Å². The number of carbonyl (C=O) groups excluding carboxylic acids is 1. The lowest BCUT2D eigenvalue weighted by Gasteiger charge is -2.13. The number of nitrogens with one attached hydrogen (secondary N) is 1. The molecule has 0 aliphatic rings. The van der Waals surface area contributed by atoms with Gasteiger partial charge in [-0.3, -0.25) is 4.79 Å². The molecule has 0 radical (unpaired) electrons. The highest BCUT2D eigenvalue weighted by Crippen LogP contribution is 2.30. The van der Waals surface area contributed by atoms with E-state index < -0.39 is 5.91 Å². The van der Waals surface area contributed by atoms with Crippen LogP contribution >= 0.6 is 0 Å². The molecule has 0 aromatic heterocycles. The quantitative estimate of drug-likeness (QED) is 0.377. The van der Waals surface area contributed by atoms with E-state index in [1.165, 1.54) is 5.56 Å². The van der Waals surface area contributed by atoms with Crippen LogP contribution in [0.15, 0.2) is 78.4 Å². The normalized spacial score (nSPS) is 10.8. The van der Waals surface area contributed by atoms with Crippen molar-refractivity contribution in [2.24, 2.45) is 0 Å². The van der Waals surface area contributed by atoms with Gasteiger partial charge in [-0.05, 0) is 48.7 Å². The summed E-state index contributed by atoms with van der Waals surface area (Å²) >= 11 is 0. The largest absolute Gasteiger partial charge is 0.490 e. The molecule has 5 nitrogen and oxygen atoms in total. The van der Waals surface area contributed by atoms with Crippen LogP contribution in [-0.4, -0.2) is 12.5 Å². The van der Waals surface area contributed by atoms with Crippen LogP contribution in [0.5, 0.6) is 11.5 Å². The summed E-state index contributed by atoms with van der Waals surface area (Å²) in [6.45, 7) is 5.18. The molecule has 1 amide bonds. The second kappa shape index (κ2) is 11.4. The number of nitriles is 1. The fraction of sp³-hybridized carbons (Fsp3) is 0.185. The SMILES string of the molecule is CCOc1cc(/C=C(\C#N)C(=O)NCc2ccccc2)ccc1OCc1ccc(C)cc1. The van der Waals surface area contributed by atoms with Crippen LogP contribution in [0.25, 0.3) is 6.08 Å². The molecule has 5 heteroatoms. The molecule has 0 spiro atoms. The smallest absolute Gasteiger partial charge is 0.262 e. The number of aryl methyl sites for hydroxylation is 1. The van der Waals surface area contributed by atoms with E-state index >= 15 is 0 Å². The third-order valence-corrected chi connectivity index (χ3v) is 4.75. The van der Waals surface area contributed by atoms with Crippen molar-refractivity contribution in [3.05, 3.63) is 101 Å². The van der Waals surface area contributed by atoms with Crippen molar-refractivity contribution < 1.29 is 14.3 Å². The Labute approximate surface area is 188 Å². The Hall–Kier alpha value is -4.04. The maximum Gasteiger partial charge on any atom is 0.262 e. The van der Waals surface area contributed by atoms with E-state index in [4.69, 9.17) is 9.47 Å². The third kappa shape index (κ3) is 6.48. The number of carbonyl (C=O) groups is 1. The predicted octanol–water partition coefficient (Wildman–Crippen LogP) is 5.20. The van der Waals surface area contributed by atoms with E-state index in [1.807, 2.05) is 74.5 Å². The monoisotopic (exact) mass is 426 g/mol. The van der Waals surface area contributed by atoms with Crippen LogP contribution < -0.4 is 14.8 Å². The summed E-state index contributed by atoms with van der Waals surface area (Å²) in [5.41, 5.74) is 3.93. The van der Waals surface area contributed by atoms with Gasteiger partial charge < -0.3 is 14.8 Å². The van der Waals surface area contributed by atoms with E-state index in [-0.39, 0.29) is 5.57 Å². The van der Waals surface area contributed by atoms with Gasteiger partial charge in [0.1, 0.15) is 18.2 Å². The van der Waals surface area contributed by atoms with Gasteiger partial charge in [-0.25, -0.2) is 0 Å². The highest BCUT2D eigenvalue weighted by molar-refractivity contribution is 6.01. The lowest BCUT2D eigenvalue weighted by molar-refractivity contribution is -0.117. The van der Waals surface area contributed by atoms with Crippen molar-refractivity contribution in [1.29, 1.82) is 5.26 Å². The Bertz CT molecular complexity index is 1110. The molecule has 0 aliphatic carbocycles. The van der Waals surface area contributed by atoms with Gasteiger partial charge in [-0.1, -0.05) is 66.2 Å². The molecule has 0 fully saturated rings. The predicted molar refractivity (Wildman–Crippen MR) is 125 cm³/mol. The number of benzene rings is 3. The van der Waals surface area contributed by atoms with Crippen LogP contribution in [0.1, 0.15) is 29.2 Å². The topological polar surface area (TPSA) is 71.3 Å². The average molecular weight is 427 g/mol. The number of nitrogens with zero attached hydrogens (tertiary/aromatic N) is 1. The van der Waals surface area contributed by atoms with E-state index in [2.05, 4.69) is 5.32 Å². The van der Waals surface area contributed by atoms with Gasteiger partial charge in [0.15, 0.2) is 11.5 Å². The van der Waals surface area contributed by atoms with Crippen molar-refractivity contribution in [1.82, 2.24) is 5.32 Å².